The highest BCUT2D eigenvalue weighted by molar-refractivity contribution is 5.24. The van der Waals surface area contributed by atoms with E-state index >= 15 is 0 Å². The summed E-state index contributed by atoms with van der Waals surface area (Å²) in [5, 5.41) is 109. The van der Waals surface area contributed by atoms with Crippen LogP contribution in [0.25, 0.3) is 0 Å². The fourth-order valence-electron chi connectivity index (χ4n) is 13.1. The Morgan fingerprint density at radius 1 is 0.768 bits per heavy atom. The summed E-state index contributed by atoms with van der Waals surface area (Å²) in [5.74, 6) is -0.0943. The molecule has 2 saturated heterocycles. The van der Waals surface area contributed by atoms with E-state index in [9.17, 15) is 51.1 Å². The summed E-state index contributed by atoms with van der Waals surface area (Å²) < 4.78 is 25.0. The number of aliphatic hydroxyl groups excluding tert-OH is 9. The molecule has 20 atom stereocenters. The molecule has 6 rings (SSSR count). The number of allylic oxidation sites excluding steroid dienone is 2. The molecule has 2 heterocycles. The molecule has 0 amide bonds. The first-order valence-corrected chi connectivity index (χ1v) is 21.0. The van der Waals surface area contributed by atoms with Gasteiger partial charge in [0.1, 0.15) is 48.8 Å². The normalized spacial score (nSPS) is 52.2. The van der Waals surface area contributed by atoms with E-state index in [1.807, 2.05) is 27.7 Å². The minimum Gasteiger partial charge on any atom is -0.394 e. The van der Waals surface area contributed by atoms with Gasteiger partial charge >= 0.3 is 0 Å². The van der Waals surface area contributed by atoms with Crippen LogP contribution < -0.4 is 0 Å². The molecule has 0 radical (unpaired) electrons. The van der Waals surface area contributed by atoms with E-state index in [0.29, 0.717) is 32.1 Å². The lowest BCUT2D eigenvalue weighted by molar-refractivity contribution is -0.383. The topological polar surface area (TPSA) is 239 Å². The van der Waals surface area contributed by atoms with Crippen LogP contribution in [0.4, 0.5) is 0 Å². The number of aliphatic hydroxyl groups is 10. The lowest BCUT2D eigenvalue weighted by atomic mass is 9.34. The van der Waals surface area contributed by atoms with Crippen molar-refractivity contribution in [2.75, 3.05) is 13.2 Å². The number of fused-ring (bicyclic) bond motifs is 5. The third kappa shape index (κ3) is 7.37. The monoisotopic (exact) mass is 800 g/mol. The number of rotatable bonds is 10. The van der Waals surface area contributed by atoms with E-state index in [2.05, 4.69) is 33.8 Å². The molecular formula is C42H72O14. The van der Waals surface area contributed by atoms with Crippen molar-refractivity contribution in [3.05, 3.63) is 11.6 Å². The standard InChI is InChI=1S/C42H72O14/c1-20(10-9-13-38(2,3)52)21-11-15-41(7)28(21)22(45)16-26-40(6)14-12-27(46)39(4,5)35(40)23(17-42(26,41)8)53-37-34(32(50)30(48)25(19-44)55-37)56-36-33(51)31(49)29(47)24(18-43)54-36/h10,21-37,43-52H,9,11-19H2,1-8H3/b20-10-/t21-,22?,23+,24-,25-,26-,27?,28+,29-,30-,31+,32+,33-,34-,35+,36+,37-,40-,41-,42-/m1/s1. The molecule has 6 aliphatic rings. The summed E-state index contributed by atoms with van der Waals surface area (Å²) in [4.78, 5) is 0. The van der Waals surface area contributed by atoms with E-state index in [-0.39, 0.29) is 34.5 Å². The summed E-state index contributed by atoms with van der Waals surface area (Å²) in [5.41, 5.74) is -1.36. The minimum atomic E-state index is -1.80. The van der Waals surface area contributed by atoms with Gasteiger partial charge in [0.15, 0.2) is 12.6 Å². The predicted molar refractivity (Wildman–Crippen MR) is 202 cm³/mol. The van der Waals surface area contributed by atoms with E-state index < -0.39 is 109 Å². The summed E-state index contributed by atoms with van der Waals surface area (Å²) in [6, 6.07) is 0. The maximum absolute atomic E-state index is 12.2. The van der Waals surface area contributed by atoms with Crippen molar-refractivity contribution in [1.29, 1.82) is 0 Å². The molecule has 2 unspecified atom stereocenters. The molecule has 0 aromatic carbocycles. The van der Waals surface area contributed by atoms with Gasteiger partial charge in [0, 0.05) is 0 Å². The molecule has 0 bridgehead atoms. The molecule has 2 aliphatic heterocycles. The van der Waals surface area contributed by atoms with Crippen molar-refractivity contribution in [2.45, 2.75) is 192 Å². The van der Waals surface area contributed by atoms with Crippen LogP contribution in [0.15, 0.2) is 11.6 Å². The highest BCUT2D eigenvalue weighted by Gasteiger charge is 2.73. The van der Waals surface area contributed by atoms with Crippen molar-refractivity contribution in [2.24, 2.45) is 45.3 Å². The maximum atomic E-state index is 12.2. The third-order valence-electron chi connectivity index (χ3n) is 16.3. The second kappa shape index (κ2) is 15.9. The van der Waals surface area contributed by atoms with Crippen molar-refractivity contribution in [3.8, 4) is 0 Å². The molecule has 14 heteroatoms. The van der Waals surface area contributed by atoms with Gasteiger partial charge in [0.05, 0.1) is 37.1 Å². The summed E-state index contributed by atoms with van der Waals surface area (Å²) in [6.45, 7) is 15.4. The Hall–Kier alpha value is -0.820. The second-order valence-electron chi connectivity index (χ2n) is 20.4. The highest BCUT2D eigenvalue weighted by atomic mass is 16.8. The van der Waals surface area contributed by atoms with Crippen LogP contribution in [-0.2, 0) is 18.9 Å². The zero-order chi connectivity index (χ0) is 41.5. The molecule has 4 saturated carbocycles. The van der Waals surface area contributed by atoms with E-state index in [1.165, 1.54) is 5.57 Å². The summed E-state index contributed by atoms with van der Waals surface area (Å²) in [7, 11) is 0. The molecule has 14 nitrogen and oxygen atoms in total. The molecule has 6 fully saturated rings. The van der Waals surface area contributed by atoms with Crippen LogP contribution in [0.3, 0.4) is 0 Å². The van der Waals surface area contributed by atoms with Gasteiger partial charge in [-0.3, -0.25) is 0 Å². The smallest absolute Gasteiger partial charge is 0.187 e. The van der Waals surface area contributed by atoms with E-state index in [1.54, 1.807) is 0 Å². The van der Waals surface area contributed by atoms with Crippen molar-refractivity contribution in [3.63, 3.8) is 0 Å². The van der Waals surface area contributed by atoms with Crippen LogP contribution in [-0.4, -0.2) is 150 Å². The molecule has 0 aromatic rings. The quantitative estimate of drug-likeness (QED) is 0.110. The molecule has 324 valence electrons. The number of ether oxygens (including phenoxy) is 4. The van der Waals surface area contributed by atoms with E-state index in [4.69, 9.17) is 18.9 Å². The Balaban J connectivity index is 1.37. The maximum Gasteiger partial charge on any atom is 0.187 e. The van der Waals surface area contributed by atoms with Gasteiger partial charge < -0.3 is 70.0 Å². The fraction of sp³-hybridized carbons (Fsp3) is 0.952. The Kier molecular flexibility index (Phi) is 12.7. The van der Waals surface area contributed by atoms with Crippen LogP contribution in [0.5, 0.6) is 0 Å². The summed E-state index contributed by atoms with van der Waals surface area (Å²) in [6.07, 6.45) is -9.80. The average molecular weight is 801 g/mol. The zero-order valence-electron chi connectivity index (χ0n) is 34.6. The van der Waals surface area contributed by atoms with Crippen molar-refractivity contribution in [1.82, 2.24) is 0 Å². The SMILES string of the molecule is C/C(=C/CCC(C)(C)O)[C@H]1CC[C@]2(C)[C@@H]1C(O)C[C@@H]1[C@@]3(C)CCC(O)C(C)(C)[C@@H]3[C@@H](O[C@@H]3O[C@H](CO)[C@@H](O)[C@H](O)[C@H]3O[C@@H]3O[C@H](CO)[C@@H](O)[C@H](O)[C@H]3O)C[C@]12C. The van der Waals surface area contributed by atoms with Crippen molar-refractivity contribution >= 4 is 0 Å². The second-order valence-corrected chi connectivity index (χ2v) is 20.4. The van der Waals surface area contributed by atoms with Crippen LogP contribution in [0.2, 0.25) is 0 Å². The largest absolute Gasteiger partial charge is 0.394 e. The van der Waals surface area contributed by atoms with Gasteiger partial charge in [0.25, 0.3) is 0 Å². The van der Waals surface area contributed by atoms with Crippen LogP contribution >= 0.6 is 0 Å². The number of hydrogen-bond donors (Lipinski definition) is 10. The lowest BCUT2D eigenvalue weighted by Gasteiger charge is -2.72. The molecule has 0 spiro atoms. The Morgan fingerprint density at radius 3 is 1.98 bits per heavy atom. The van der Waals surface area contributed by atoms with E-state index in [0.717, 1.165) is 19.3 Å². The molecular weight excluding hydrogens is 728 g/mol. The van der Waals surface area contributed by atoms with Gasteiger partial charge in [0.2, 0.25) is 0 Å². The fourth-order valence-corrected chi connectivity index (χ4v) is 13.1. The molecule has 10 N–H and O–H groups in total. The van der Waals surface area contributed by atoms with Gasteiger partial charge in [-0.05, 0) is 117 Å². The molecule has 56 heavy (non-hydrogen) atoms. The van der Waals surface area contributed by atoms with Crippen LogP contribution in [0, 0.1) is 45.3 Å². The first-order valence-electron chi connectivity index (χ1n) is 21.0. The van der Waals surface area contributed by atoms with Crippen LogP contribution in [0.1, 0.15) is 107 Å². The lowest BCUT2D eigenvalue weighted by Crippen LogP contribution is -2.71. The van der Waals surface area contributed by atoms with Gasteiger partial charge in [-0.15, -0.1) is 0 Å². The first-order chi connectivity index (χ1) is 26.0. The average Bonchev–Trinajstić information content (AvgIpc) is 3.50. The summed E-state index contributed by atoms with van der Waals surface area (Å²) >= 11 is 0. The first kappa shape index (κ1) is 44.7. The Bertz CT molecular complexity index is 1400. The third-order valence-corrected chi connectivity index (χ3v) is 16.3. The highest BCUT2D eigenvalue weighted by Crippen LogP contribution is 2.76. The van der Waals surface area contributed by atoms with Crippen molar-refractivity contribution < 1.29 is 70.0 Å². The molecule has 4 aliphatic carbocycles. The zero-order valence-corrected chi connectivity index (χ0v) is 34.6. The Morgan fingerprint density at radius 2 is 1.38 bits per heavy atom. The van der Waals surface area contributed by atoms with Gasteiger partial charge in [-0.25, -0.2) is 0 Å². The van der Waals surface area contributed by atoms with Gasteiger partial charge in [-0.2, -0.15) is 0 Å². The Labute approximate surface area is 331 Å². The molecule has 0 aromatic heterocycles. The van der Waals surface area contributed by atoms with Gasteiger partial charge in [-0.1, -0.05) is 46.3 Å². The number of hydrogen-bond acceptors (Lipinski definition) is 14. The minimum absolute atomic E-state index is 0.0333. The predicted octanol–water partition coefficient (Wildman–Crippen LogP) is 1.12.